The van der Waals surface area contributed by atoms with Gasteiger partial charge in [-0.15, -0.1) is 0 Å². The van der Waals surface area contributed by atoms with Gasteiger partial charge in [0.05, 0.1) is 15.9 Å². The lowest BCUT2D eigenvalue weighted by atomic mass is 10.3. The summed E-state index contributed by atoms with van der Waals surface area (Å²) in [6.45, 7) is 3.94. The highest BCUT2D eigenvalue weighted by molar-refractivity contribution is 9.10. The molecule has 1 heterocycles. The van der Waals surface area contributed by atoms with Gasteiger partial charge in [-0.25, -0.2) is 12.8 Å². The summed E-state index contributed by atoms with van der Waals surface area (Å²) < 4.78 is 39.9. The normalized spacial score (nSPS) is 17.1. The molecular weight excluding hydrogens is 349 g/mol. The minimum atomic E-state index is -3.46. The first-order valence-corrected chi connectivity index (χ1v) is 8.79. The predicted octanol–water partition coefficient (Wildman–Crippen LogP) is 1.24. The van der Waals surface area contributed by atoms with Crippen LogP contribution in [-0.4, -0.2) is 51.8 Å². The molecule has 8 heteroatoms. The number of nitrogens with one attached hydrogen (secondary N) is 2. The molecule has 1 aliphatic heterocycles. The molecule has 0 bridgehead atoms. The maximum atomic E-state index is 13.3. The molecule has 1 fully saturated rings. The lowest BCUT2D eigenvalue weighted by molar-refractivity contribution is 0.254. The number of piperazine rings is 1. The van der Waals surface area contributed by atoms with E-state index in [0.29, 0.717) is 11.0 Å². The van der Waals surface area contributed by atoms with Gasteiger partial charge in [-0.05, 0) is 34.1 Å². The molecule has 5 nitrogen and oxygen atoms in total. The van der Waals surface area contributed by atoms with Gasteiger partial charge in [-0.2, -0.15) is 0 Å². The Morgan fingerprint density at radius 2 is 2.05 bits per heavy atom. The molecule has 0 amide bonds. The van der Waals surface area contributed by atoms with E-state index in [1.165, 1.54) is 12.1 Å². The number of benzene rings is 1. The minimum Gasteiger partial charge on any atom is -0.314 e. The maximum absolute atomic E-state index is 13.3. The Labute approximate surface area is 126 Å². The number of halogens is 2. The molecule has 0 aliphatic carbocycles. The van der Waals surface area contributed by atoms with Crippen LogP contribution >= 0.6 is 15.9 Å². The van der Waals surface area contributed by atoms with Crippen molar-refractivity contribution in [1.29, 1.82) is 0 Å². The van der Waals surface area contributed by atoms with Crippen LogP contribution in [0.5, 0.6) is 0 Å². The van der Waals surface area contributed by atoms with Crippen LogP contribution in [0.2, 0.25) is 0 Å². The molecule has 2 N–H and O–H groups in total. The second kappa shape index (κ2) is 6.84. The van der Waals surface area contributed by atoms with Gasteiger partial charge in [0, 0.05) is 32.7 Å². The lowest BCUT2D eigenvalue weighted by Gasteiger charge is -2.26. The first kappa shape index (κ1) is 15.7. The van der Waals surface area contributed by atoms with E-state index in [1.807, 2.05) is 0 Å². The molecule has 0 aromatic heterocycles. The molecule has 112 valence electrons. The Morgan fingerprint density at radius 1 is 1.35 bits per heavy atom. The number of rotatable bonds is 5. The average molecular weight is 366 g/mol. The fourth-order valence-corrected chi connectivity index (χ4v) is 3.31. The standard InChI is InChI=1S/C12H17BrFN3O2S/c13-11-2-1-10(9-12(11)14)16-20(18,19)8-7-17-5-3-15-4-6-17/h1-2,9,15-16H,3-8H2. The number of hydrogen-bond acceptors (Lipinski definition) is 4. The molecule has 1 saturated heterocycles. The molecule has 1 aromatic rings. The molecule has 20 heavy (non-hydrogen) atoms. The van der Waals surface area contributed by atoms with Gasteiger partial charge in [-0.3, -0.25) is 9.62 Å². The Bertz CT molecular complexity index is 562. The summed E-state index contributed by atoms with van der Waals surface area (Å²) in [4.78, 5) is 2.10. The van der Waals surface area contributed by atoms with Gasteiger partial charge in [0.25, 0.3) is 0 Å². The van der Waals surface area contributed by atoms with Crippen LogP contribution in [0.4, 0.5) is 10.1 Å². The van der Waals surface area contributed by atoms with Gasteiger partial charge in [0.1, 0.15) is 5.82 Å². The van der Waals surface area contributed by atoms with E-state index in [9.17, 15) is 12.8 Å². The highest BCUT2D eigenvalue weighted by Crippen LogP contribution is 2.20. The smallest absolute Gasteiger partial charge is 0.233 e. The highest BCUT2D eigenvalue weighted by atomic mass is 79.9. The van der Waals surface area contributed by atoms with Gasteiger partial charge in [-0.1, -0.05) is 0 Å². The number of nitrogens with zero attached hydrogens (tertiary/aromatic N) is 1. The maximum Gasteiger partial charge on any atom is 0.233 e. The lowest BCUT2D eigenvalue weighted by Crippen LogP contribution is -2.45. The van der Waals surface area contributed by atoms with Crippen molar-refractivity contribution in [1.82, 2.24) is 10.2 Å². The summed E-state index contributed by atoms with van der Waals surface area (Å²) in [6.07, 6.45) is 0. The number of anilines is 1. The Hall–Kier alpha value is -0.700. The topological polar surface area (TPSA) is 61.4 Å². The minimum absolute atomic E-state index is 0.00465. The summed E-state index contributed by atoms with van der Waals surface area (Å²) in [5.74, 6) is -0.489. The van der Waals surface area contributed by atoms with Crippen LogP contribution in [0.3, 0.4) is 0 Å². The van der Waals surface area contributed by atoms with Crippen molar-refractivity contribution in [2.75, 3.05) is 43.2 Å². The Balaban J connectivity index is 1.91. The van der Waals surface area contributed by atoms with E-state index in [4.69, 9.17) is 0 Å². The molecule has 0 unspecified atom stereocenters. The molecule has 1 aromatic carbocycles. The molecule has 0 saturated carbocycles. The van der Waals surface area contributed by atoms with Gasteiger partial charge < -0.3 is 5.32 Å². The molecule has 0 radical (unpaired) electrons. The average Bonchev–Trinajstić information content (AvgIpc) is 2.42. The zero-order valence-corrected chi connectivity index (χ0v) is 13.3. The second-order valence-corrected chi connectivity index (χ2v) is 7.34. The van der Waals surface area contributed by atoms with E-state index in [1.54, 1.807) is 0 Å². The molecule has 0 spiro atoms. The zero-order valence-electron chi connectivity index (χ0n) is 10.9. The van der Waals surface area contributed by atoms with Crippen LogP contribution in [-0.2, 0) is 10.0 Å². The summed E-state index contributed by atoms with van der Waals surface area (Å²) >= 11 is 3.03. The van der Waals surface area contributed by atoms with E-state index < -0.39 is 15.8 Å². The second-order valence-electron chi connectivity index (χ2n) is 4.64. The van der Waals surface area contributed by atoms with E-state index in [0.717, 1.165) is 32.2 Å². The van der Waals surface area contributed by atoms with Crippen LogP contribution in [0.1, 0.15) is 0 Å². The van der Waals surface area contributed by atoms with Crippen molar-refractivity contribution in [3.05, 3.63) is 28.5 Å². The zero-order chi connectivity index (χ0) is 14.6. The van der Waals surface area contributed by atoms with Crippen molar-refractivity contribution in [3.8, 4) is 0 Å². The van der Waals surface area contributed by atoms with E-state index in [-0.39, 0.29) is 11.4 Å². The van der Waals surface area contributed by atoms with E-state index >= 15 is 0 Å². The van der Waals surface area contributed by atoms with Crippen molar-refractivity contribution >= 4 is 31.6 Å². The summed E-state index contributed by atoms with van der Waals surface area (Å²) in [5.41, 5.74) is 0.242. The fourth-order valence-electron chi connectivity index (χ4n) is 1.97. The first-order valence-electron chi connectivity index (χ1n) is 6.35. The summed E-state index contributed by atoms with van der Waals surface area (Å²) in [7, 11) is -3.46. The first-order chi connectivity index (χ1) is 9.46. The quantitative estimate of drug-likeness (QED) is 0.823. The highest BCUT2D eigenvalue weighted by Gasteiger charge is 2.16. The van der Waals surface area contributed by atoms with Gasteiger partial charge >= 0.3 is 0 Å². The predicted molar refractivity (Wildman–Crippen MR) is 80.8 cm³/mol. The SMILES string of the molecule is O=S(=O)(CCN1CCNCC1)Nc1ccc(Br)c(F)c1. The number of hydrogen-bond donors (Lipinski definition) is 2. The summed E-state index contributed by atoms with van der Waals surface area (Å²) in [5, 5.41) is 3.21. The molecule has 2 rings (SSSR count). The Kier molecular flexibility index (Phi) is 5.36. The number of sulfonamides is 1. The largest absolute Gasteiger partial charge is 0.314 e. The van der Waals surface area contributed by atoms with Gasteiger partial charge in [0.15, 0.2) is 0 Å². The van der Waals surface area contributed by atoms with Crippen molar-refractivity contribution in [2.45, 2.75) is 0 Å². The van der Waals surface area contributed by atoms with Crippen molar-refractivity contribution in [3.63, 3.8) is 0 Å². The van der Waals surface area contributed by atoms with Crippen molar-refractivity contribution < 1.29 is 12.8 Å². The van der Waals surface area contributed by atoms with E-state index in [2.05, 4.69) is 30.9 Å². The monoisotopic (exact) mass is 365 g/mol. The van der Waals surface area contributed by atoms with Crippen molar-refractivity contribution in [2.24, 2.45) is 0 Å². The van der Waals surface area contributed by atoms with Crippen LogP contribution in [0.25, 0.3) is 0 Å². The van der Waals surface area contributed by atoms with Crippen LogP contribution in [0, 0.1) is 5.82 Å². The fraction of sp³-hybridized carbons (Fsp3) is 0.500. The third-order valence-electron chi connectivity index (χ3n) is 3.08. The molecular formula is C12H17BrFN3O2S. The van der Waals surface area contributed by atoms with Crippen LogP contribution in [0.15, 0.2) is 22.7 Å². The summed E-state index contributed by atoms with van der Waals surface area (Å²) in [6, 6.07) is 4.16. The van der Waals surface area contributed by atoms with Gasteiger partial charge in [0.2, 0.25) is 10.0 Å². The third-order valence-corrected chi connectivity index (χ3v) is 4.99. The molecule has 0 atom stereocenters. The Morgan fingerprint density at radius 3 is 2.70 bits per heavy atom. The van der Waals surface area contributed by atoms with Crippen LogP contribution < -0.4 is 10.0 Å². The third kappa shape index (κ3) is 4.69. The molecule has 1 aliphatic rings.